The monoisotopic (exact) mass is 454 g/mol. The molecule has 8 nitrogen and oxygen atoms in total. The van der Waals surface area contributed by atoms with Crippen molar-refractivity contribution < 1.29 is 19.0 Å². The summed E-state index contributed by atoms with van der Waals surface area (Å²) in [5.74, 6) is -1.24. The molecule has 1 aliphatic heterocycles. The van der Waals surface area contributed by atoms with Crippen LogP contribution in [0.4, 0.5) is 10.2 Å². The van der Waals surface area contributed by atoms with Crippen LogP contribution >= 0.6 is 0 Å². The van der Waals surface area contributed by atoms with Gasteiger partial charge in [0.2, 0.25) is 0 Å². The van der Waals surface area contributed by atoms with Crippen molar-refractivity contribution in [3.8, 4) is 11.3 Å². The topological polar surface area (TPSA) is 97.5 Å². The van der Waals surface area contributed by atoms with Gasteiger partial charge in [-0.25, -0.2) is 14.4 Å². The lowest BCUT2D eigenvalue weighted by Gasteiger charge is -2.30. The number of hydrogen-bond donors (Lipinski definition) is 1. The number of rotatable bonds is 7. The van der Waals surface area contributed by atoms with Crippen LogP contribution in [-0.4, -0.2) is 51.9 Å². The minimum Gasteiger partial charge on any atom is -0.481 e. The van der Waals surface area contributed by atoms with Crippen LogP contribution in [0.3, 0.4) is 0 Å². The van der Waals surface area contributed by atoms with Crippen LogP contribution in [0.2, 0.25) is 0 Å². The van der Waals surface area contributed by atoms with Gasteiger partial charge in [0.25, 0.3) is 5.56 Å². The molecule has 4 rings (SSSR count). The minimum atomic E-state index is -0.806. The summed E-state index contributed by atoms with van der Waals surface area (Å²) in [5.41, 5.74) is 2.36. The fourth-order valence-corrected chi connectivity index (χ4v) is 4.07. The number of benzene rings is 1. The maximum Gasteiger partial charge on any atom is 0.306 e. The molecule has 3 aromatic rings. The maximum atomic E-state index is 14.1. The SMILES string of the molecule is CCOCCn1c(=O)c(N2CCC(C(=O)O)CC2)nc2ccc(-c3ccc(C)c(F)c3)nc21. The van der Waals surface area contributed by atoms with Crippen LogP contribution < -0.4 is 10.5 Å². The van der Waals surface area contributed by atoms with Crippen molar-refractivity contribution in [2.45, 2.75) is 33.2 Å². The van der Waals surface area contributed by atoms with Gasteiger partial charge in [-0.15, -0.1) is 0 Å². The van der Waals surface area contributed by atoms with E-state index in [9.17, 15) is 19.1 Å². The van der Waals surface area contributed by atoms with Crippen molar-refractivity contribution >= 4 is 23.0 Å². The van der Waals surface area contributed by atoms with E-state index in [4.69, 9.17) is 4.74 Å². The summed E-state index contributed by atoms with van der Waals surface area (Å²) >= 11 is 0. The van der Waals surface area contributed by atoms with Gasteiger partial charge >= 0.3 is 5.97 Å². The lowest BCUT2D eigenvalue weighted by molar-refractivity contribution is -0.142. The zero-order chi connectivity index (χ0) is 23.5. The highest BCUT2D eigenvalue weighted by atomic mass is 19.1. The van der Waals surface area contributed by atoms with Crippen molar-refractivity contribution in [1.82, 2.24) is 14.5 Å². The average molecular weight is 455 g/mol. The maximum absolute atomic E-state index is 14.1. The Morgan fingerprint density at radius 2 is 1.97 bits per heavy atom. The minimum absolute atomic E-state index is 0.291. The van der Waals surface area contributed by atoms with Crippen molar-refractivity contribution in [3.05, 3.63) is 52.1 Å². The summed E-state index contributed by atoms with van der Waals surface area (Å²) in [6.07, 6.45) is 0.924. The van der Waals surface area contributed by atoms with E-state index in [-0.39, 0.29) is 11.4 Å². The van der Waals surface area contributed by atoms with E-state index in [0.717, 1.165) is 0 Å². The molecule has 0 atom stereocenters. The molecule has 33 heavy (non-hydrogen) atoms. The molecule has 1 aliphatic rings. The van der Waals surface area contributed by atoms with Crippen LogP contribution in [-0.2, 0) is 16.1 Å². The van der Waals surface area contributed by atoms with Crippen LogP contribution in [0.5, 0.6) is 0 Å². The highest BCUT2D eigenvalue weighted by Crippen LogP contribution is 2.25. The molecule has 3 heterocycles. The molecular weight excluding hydrogens is 427 g/mol. The Hall–Kier alpha value is -3.33. The lowest BCUT2D eigenvalue weighted by atomic mass is 9.97. The number of nitrogens with zero attached hydrogens (tertiary/aromatic N) is 4. The predicted molar refractivity (Wildman–Crippen MR) is 123 cm³/mol. The third kappa shape index (κ3) is 4.73. The van der Waals surface area contributed by atoms with E-state index in [1.807, 2.05) is 11.8 Å². The van der Waals surface area contributed by atoms with E-state index in [1.165, 1.54) is 6.07 Å². The summed E-state index contributed by atoms with van der Waals surface area (Å²) in [6.45, 7) is 5.63. The van der Waals surface area contributed by atoms with Gasteiger partial charge in [0.15, 0.2) is 11.5 Å². The Morgan fingerprint density at radius 3 is 2.64 bits per heavy atom. The molecule has 2 aromatic heterocycles. The number of carboxylic acids is 1. The number of anilines is 1. The first-order chi connectivity index (χ1) is 15.9. The molecule has 9 heteroatoms. The van der Waals surface area contributed by atoms with E-state index in [1.54, 1.807) is 35.8 Å². The highest BCUT2D eigenvalue weighted by molar-refractivity contribution is 5.77. The van der Waals surface area contributed by atoms with E-state index in [0.29, 0.717) is 79.5 Å². The number of aromatic nitrogens is 3. The molecule has 0 amide bonds. The summed E-state index contributed by atoms with van der Waals surface area (Å²) in [5, 5.41) is 9.26. The van der Waals surface area contributed by atoms with Crippen molar-refractivity contribution in [3.63, 3.8) is 0 Å². The Balaban J connectivity index is 1.77. The van der Waals surface area contributed by atoms with Gasteiger partial charge in [-0.1, -0.05) is 12.1 Å². The van der Waals surface area contributed by atoms with Gasteiger partial charge in [0.1, 0.15) is 11.3 Å². The fraction of sp³-hybridized carbons (Fsp3) is 0.417. The molecule has 174 valence electrons. The molecule has 1 aromatic carbocycles. The number of pyridine rings is 1. The normalized spacial score (nSPS) is 14.7. The third-order valence-corrected chi connectivity index (χ3v) is 6.05. The number of hydrogen-bond acceptors (Lipinski definition) is 6. The number of piperidine rings is 1. The zero-order valence-corrected chi connectivity index (χ0v) is 18.8. The van der Waals surface area contributed by atoms with Crippen LogP contribution in [0, 0.1) is 18.7 Å². The summed E-state index contributed by atoms with van der Waals surface area (Å²) in [6, 6.07) is 8.46. The van der Waals surface area contributed by atoms with E-state index >= 15 is 0 Å². The highest BCUT2D eigenvalue weighted by Gasteiger charge is 2.27. The number of halogens is 1. The second kappa shape index (κ2) is 9.66. The summed E-state index contributed by atoms with van der Waals surface area (Å²) in [7, 11) is 0. The smallest absolute Gasteiger partial charge is 0.306 e. The van der Waals surface area contributed by atoms with Crippen LogP contribution in [0.15, 0.2) is 35.1 Å². The molecule has 0 bridgehead atoms. The molecule has 1 saturated heterocycles. The first kappa shape index (κ1) is 22.8. The zero-order valence-electron chi connectivity index (χ0n) is 18.8. The molecular formula is C24H27FN4O4. The number of carboxylic acid groups (broad SMARTS) is 1. The fourth-order valence-electron chi connectivity index (χ4n) is 4.07. The number of fused-ring (bicyclic) bond motifs is 1. The molecule has 1 N–H and O–H groups in total. The number of aryl methyl sites for hydroxylation is 1. The summed E-state index contributed by atoms with van der Waals surface area (Å²) < 4.78 is 21.1. The van der Waals surface area contributed by atoms with Gasteiger partial charge in [-0.3, -0.25) is 14.2 Å². The first-order valence-corrected chi connectivity index (χ1v) is 11.1. The van der Waals surface area contributed by atoms with Gasteiger partial charge in [-0.05, 0) is 50.5 Å². The molecule has 1 fully saturated rings. The largest absolute Gasteiger partial charge is 0.481 e. The molecule has 0 aliphatic carbocycles. The summed E-state index contributed by atoms with van der Waals surface area (Å²) in [4.78, 5) is 35.8. The van der Waals surface area contributed by atoms with Crippen molar-refractivity contribution in [2.24, 2.45) is 5.92 Å². The van der Waals surface area contributed by atoms with Crippen molar-refractivity contribution in [1.29, 1.82) is 0 Å². The second-order valence-corrected chi connectivity index (χ2v) is 8.19. The van der Waals surface area contributed by atoms with E-state index in [2.05, 4.69) is 9.97 Å². The number of ether oxygens (including phenoxy) is 1. The van der Waals surface area contributed by atoms with Gasteiger partial charge < -0.3 is 14.7 Å². The standard InChI is InChI=1S/C24H27FN4O4/c1-3-33-13-12-29-21-20(7-6-19(26-21)17-5-4-15(2)18(25)14-17)27-22(23(29)30)28-10-8-16(9-11-28)24(31)32/h4-7,14,16H,3,8-13H2,1-2H3,(H,31,32). The third-order valence-electron chi connectivity index (χ3n) is 6.05. The molecule has 0 unspecified atom stereocenters. The van der Waals surface area contributed by atoms with Crippen LogP contribution in [0.25, 0.3) is 22.4 Å². The quantitative estimate of drug-likeness (QED) is 0.547. The Kier molecular flexibility index (Phi) is 6.69. The van der Waals surface area contributed by atoms with Gasteiger partial charge in [-0.2, -0.15) is 0 Å². The Labute approximate surface area is 190 Å². The molecule has 0 spiro atoms. The molecule has 0 radical (unpaired) electrons. The Morgan fingerprint density at radius 1 is 1.21 bits per heavy atom. The Bertz CT molecular complexity index is 1240. The molecule has 0 saturated carbocycles. The van der Waals surface area contributed by atoms with Gasteiger partial charge in [0.05, 0.1) is 24.8 Å². The van der Waals surface area contributed by atoms with Crippen molar-refractivity contribution in [2.75, 3.05) is 31.2 Å². The number of carbonyl (C=O) groups is 1. The van der Waals surface area contributed by atoms with E-state index < -0.39 is 11.9 Å². The lowest BCUT2D eigenvalue weighted by Crippen LogP contribution is -2.41. The average Bonchev–Trinajstić information content (AvgIpc) is 2.82. The predicted octanol–water partition coefficient (Wildman–Crippen LogP) is 3.24. The van der Waals surface area contributed by atoms with Gasteiger partial charge in [0, 0.05) is 25.3 Å². The first-order valence-electron chi connectivity index (χ1n) is 11.1. The van der Waals surface area contributed by atoms with Crippen LogP contribution in [0.1, 0.15) is 25.3 Å². The second-order valence-electron chi connectivity index (χ2n) is 8.19. The number of aliphatic carboxylic acids is 1.